The lowest BCUT2D eigenvalue weighted by atomic mass is 9.86. The number of hydrogen-bond donors (Lipinski definition) is 2. The number of amides is 1. The van der Waals surface area contributed by atoms with Crippen LogP contribution in [0.4, 0.5) is 0 Å². The second-order valence-electron chi connectivity index (χ2n) is 11.6. The minimum absolute atomic E-state index is 0.130. The van der Waals surface area contributed by atoms with Gasteiger partial charge in [-0.1, -0.05) is 13.0 Å². The van der Waals surface area contributed by atoms with Crippen LogP contribution in [0, 0.1) is 19.8 Å². The van der Waals surface area contributed by atoms with Crippen molar-refractivity contribution in [3.8, 4) is 16.9 Å². The number of pyridine rings is 1. The summed E-state index contributed by atoms with van der Waals surface area (Å²) in [7, 11) is 0. The molecule has 1 aliphatic heterocycles. The molecule has 1 aromatic carbocycles. The maximum absolute atomic E-state index is 13.5. The fraction of sp³-hybridized carbons (Fsp3) is 0.567. The molecule has 2 heterocycles. The van der Waals surface area contributed by atoms with E-state index >= 15 is 0 Å². The number of nitrogens with zero attached hydrogens (tertiary/aromatic N) is 1. The Morgan fingerprint density at radius 1 is 1.16 bits per heavy atom. The van der Waals surface area contributed by atoms with E-state index in [9.17, 15) is 14.7 Å². The molecule has 37 heavy (non-hydrogen) atoms. The Labute approximate surface area is 220 Å². The lowest BCUT2D eigenvalue weighted by Crippen LogP contribution is -2.38. The second kappa shape index (κ2) is 10.8. The zero-order valence-electron chi connectivity index (χ0n) is 22.9. The lowest BCUT2D eigenvalue weighted by molar-refractivity contribution is -0.160. The van der Waals surface area contributed by atoms with Crippen molar-refractivity contribution >= 4 is 11.9 Å². The lowest BCUT2D eigenvalue weighted by Gasteiger charge is -2.30. The van der Waals surface area contributed by atoms with E-state index in [4.69, 9.17) is 9.47 Å². The molecule has 1 amide bonds. The van der Waals surface area contributed by atoms with Crippen LogP contribution in [0.15, 0.2) is 18.2 Å². The number of nitrogens with one attached hydrogen (secondary N) is 1. The Morgan fingerprint density at radius 3 is 2.51 bits per heavy atom. The molecule has 0 bridgehead atoms. The van der Waals surface area contributed by atoms with Crippen molar-refractivity contribution in [1.82, 2.24) is 10.3 Å². The topological polar surface area (TPSA) is 97.8 Å². The van der Waals surface area contributed by atoms with E-state index in [1.54, 1.807) is 6.92 Å². The zero-order chi connectivity index (χ0) is 26.9. The molecule has 7 nitrogen and oxygen atoms in total. The molecule has 1 saturated carbocycles. The maximum atomic E-state index is 13.5. The van der Waals surface area contributed by atoms with Crippen LogP contribution in [-0.2, 0) is 16.0 Å². The summed E-state index contributed by atoms with van der Waals surface area (Å²) in [5.74, 6) is 0.239. The quantitative estimate of drug-likeness (QED) is 0.501. The van der Waals surface area contributed by atoms with Gasteiger partial charge in [-0.2, -0.15) is 0 Å². The largest absolute Gasteiger partial charge is 0.493 e. The molecule has 2 aliphatic rings. The highest BCUT2D eigenvalue weighted by Gasteiger charge is 2.34. The molecule has 1 atom stereocenters. The van der Waals surface area contributed by atoms with E-state index in [-0.39, 0.29) is 11.9 Å². The standard InChI is InChI=1S/C30H40N2O5/c1-17-9-12-22(13-10-17)32-28(33)26-18(2)24(21-11-14-23-20(16-21)8-7-15-36-23)25(19(3)31-26)27(29(34)35)37-30(4,5)6/h11,14,16-17,22,27H,7-10,12-13,15H2,1-6H3,(H,32,33)(H,34,35)/t17?,22?,27-/m0/s1. The second-order valence-corrected chi connectivity index (χ2v) is 11.6. The summed E-state index contributed by atoms with van der Waals surface area (Å²) in [6.45, 7) is 12.1. The van der Waals surface area contributed by atoms with Crippen molar-refractivity contribution in [2.75, 3.05) is 6.61 Å². The van der Waals surface area contributed by atoms with E-state index in [0.29, 0.717) is 40.6 Å². The molecule has 2 aromatic rings. The van der Waals surface area contributed by atoms with Crippen molar-refractivity contribution in [3.63, 3.8) is 0 Å². The number of carbonyl (C=O) groups excluding carboxylic acids is 1. The first-order chi connectivity index (χ1) is 17.4. The third-order valence-electron chi connectivity index (χ3n) is 7.39. The van der Waals surface area contributed by atoms with Crippen LogP contribution in [0.25, 0.3) is 11.1 Å². The van der Waals surface area contributed by atoms with Gasteiger partial charge in [-0.3, -0.25) is 4.79 Å². The molecular formula is C30H40N2O5. The van der Waals surface area contributed by atoms with Crippen molar-refractivity contribution in [1.29, 1.82) is 0 Å². The molecule has 4 rings (SSSR count). The molecule has 1 fully saturated rings. The fourth-order valence-corrected chi connectivity index (χ4v) is 5.49. The number of carboxylic acid groups (broad SMARTS) is 1. The van der Waals surface area contributed by atoms with Crippen LogP contribution in [0.1, 0.15) is 98.8 Å². The molecule has 1 aromatic heterocycles. The van der Waals surface area contributed by atoms with Gasteiger partial charge in [0.15, 0.2) is 6.10 Å². The van der Waals surface area contributed by atoms with E-state index in [1.165, 1.54) is 0 Å². The van der Waals surface area contributed by atoms with Gasteiger partial charge < -0.3 is 19.9 Å². The highest BCUT2D eigenvalue weighted by atomic mass is 16.5. The molecule has 0 spiro atoms. The number of rotatable bonds is 6. The number of hydrogen-bond acceptors (Lipinski definition) is 5. The summed E-state index contributed by atoms with van der Waals surface area (Å²) in [6.07, 6.45) is 4.70. The van der Waals surface area contributed by atoms with Gasteiger partial charge in [0.2, 0.25) is 0 Å². The third kappa shape index (κ3) is 6.15. The number of benzene rings is 1. The Hall–Kier alpha value is -2.93. The molecule has 0 unspecified atom stereocenters. The average molecular weight is 509 g/mol. The molecular weight excluding hydrogens is 468 g/mol. The minimum atomic E-state index is -1.23. The molecule has 0 saturated heterocycles. The Bertz CT molecular complexity index is 1180. The van der Waals surface area contributed by atoms with Gasteiger partial charge in [0.25, 0.3) is 5.91 Å². The smallest absolute Gasteiger partial charge is 0.337 e. The number of fused-ring (bicyclic) bond motifs is 1. The van der Waals surface area contributed by atoms with Gasteiger partial charge >= 0.3 is 5.97 Å². The van der Waals surface area contributed by atoms with Crippen LogP contribution >= 0.6 is 0 Å². The van der Waals surface area contributed by atoms with Gasteiger partial charge in [-0.25, -0.2) is 9.78 Å². The van der Waals surface area contributed by atoms with Crippen molar-refractivity contribution in [2.45, 2.75) is 97.8 Å². The Kier molecular flexibility index (Phi) is 7.93. The molecule has 2 N–H and O–H groups in total. The van der Waals surface area contributed by atoms with Gasteiger partial charge in [0.1, 0.15) is 11.4 Å². The zero-order valence-corrected chi connectivity index (χ0v) is 22.9. The highest BCUT2D eigenvalue weighted by Crippen LogP contribution is 2.40. The Balaban J connectivity index is 1.84. The third-order valence-corrected chi connectivity index (χ3v) is 7.39. The van der Waals surface area contributed by atoms with E-state index in [2.05, 4.69) is 23.3 Å². The van der Waals surface area contributed by atoms with Crippen LogP contribution in [0.3, 0.4) is 0 Å². The predicted molar refractivity (Wildman–Crippen MR) is 143 cm³/mol. The summed E-state index contributed by atoms with van der Waals surface area (Å²) in [5.41, 5.74) is 3.87. The molecule has 1 aliphatic carbocycles. The number of aryl methyl sites for hydroxylation is 2. The van der Waals surface area contributed by atoms with Crippen LogP contribution < -0.4 is 10.1 Å². The van der Waals surface area contributed by atoms with E-state index < -0.39 is 17.7 Å². The summed E-state index contributed by atoms with van der Waals surface area (Å²) in [5, 5.41) is 13.4. The van der Waals surface area contributed by atoms with Crippen LogP contribution in [-0.4, -0.2) is 40.2 Å². The number of aliphatic carboxylic acids is 1. The summed E-state index contributed by atoms with van der Waals surface area (Å²) in [6, 6.07) is 6.06. The monoisotopic (exact) mass is 508 g/mol. The van der Waals surface area contributed by atoms with Gasteiger partial charge in [-0.05, 0) is 113 Å². The van der Waals surface area contributed by atoms with Crippen molar-refractivity contribution < 1.29 is 24.2 Å². The minimum Gasteiger partial charge on any atom is -0.493 e. The number of carboxylic acids is 1. The summed E-state index contributed by atoms with van der Waals surface area (Å²) >= 11 is 0. The maximum Gasteiger partial charge on any atom is 0.337 e. The van der Waals surface area contributed by atoms with Gasteiger partial charge in [-0.15, -0.1) is 0 Å². The normalized spacial score (nSPS) is 20.5. The number of ether oxygens (including phenoxy) is 2. The molecule has 0 radical (unpaired) electrons. The van der Waals surface area contributed by atoms with E-state index in [0.717, 1.165) is 55.4 Å². The SMILES string of the molecule is Cc1nc(C(=O)NC2CCC(C)CC2)c(C)c(-c2ccc3c(c2)CCCO3)c1[C@H](OC(C)(C)C)C(=O)O. The fourth-order valence-electron chi connectivity index (χ4n) is 5.49. The molecule has 200 valence electrons. The van der Waals surface area contributed by atoms with Gasteiger partial charge in [0.05, 0.1) is 12.2 Å². The van der Waals surface area contributed by atoms with Crippen molar-refractivity contribution in [2.24, 2.45) is 5.92 Å². The Morgan fingerprint density at radius 2 is 1.86 bits per heavy atom. The van der Waals surface area contributed by atoms with Gasteiger partial charge in [0, 0.05) is 17.3 Å². The average Bonchev–Trinajstić information content (AvgIpc) is 2.84. The van der Waals surface area contributed by atoms with Crippen LogP contribution in [0.5, 0.6) is 5.75 Å². The first-order valence-corrected chi connectivity index (χ1v) is 13.4. The van der Waals surface area contributed by atoms with Crippen molar-refractivity contribution in [3.05, 3.63) is 46.3 Å². The first-order valence-electron chi connectivity index (χ1n) is 13.4. The highest BCUT2D eigenvalue weighted by molar-refractivity contribution is 5.97. The summed E-state index contributed by atoms with van der Waals surface area (Å²) < 4.78 is 11.9. The first kappa shape index (κ1) is 27.1. The van der Waals surface area contributed by atoms with Crippen LogP contribution in [0.2, 0.25) is 0 Å². The summed E-state index contributed by atoms with van der Waals surface area (Å²) in [4.78, 5) is 30.7. The number of aromatic nitrogens is 1. The predicted octanol–water partition coefficient (Wildman–Crippen LogP) is 5.94. The molecule has 7 heteroatoms. The number of carbonyl (C=O) groups is 2. The van der Waals surface area contributed by atoms with E-state index in [1.807, 2.05) is 39.8 Å².